The molecule has 0 aliphatic heterocycles. The first-order valence-corrected chi connectivity index (χ1v) is 3.72. The Balaban J connectivity index is 3.94. The standard InChI is InChI=1S/C8H15N3O/c1-6(4-9)11-8(3)10-5-7(2)12/h4H,5,9H2,1-3H3,(H,10,11)/b6-4-. The maximum absolute atomic E-state index is 10.5. The summed E-state index contributed by atoms with van der Waals surface area (Å²) in [7, 11) is 0. The molecule has 0 amide bonds. The van der Waals surface area contributed by atoms with Crippen molar-refractivity contribution in [3.05, 3.63) is 11.9 Å². The quantitative estimate of drug-likeness (QED) is 0.475. The number of rotatable bonds is 3. The van der Waals surface area contributed by atoms with Gasteiger partial charge in [0, 0.05) is 11.9 Å². The third-order valence-electron chi connectivity index (χ3n) is 1.17. The molecule has 0 aromatic carbocycles. The maximum atomic E-state index is 10.5. The van der Waals surface area contributed by atoms with Crippen molar-refractivity contribution in [2.24, 2.45) is 10.7 Å². The molecule has 0 unspecified atom stereocenters. The SMILES string of the molecule is CC(=O)CN=C(C)N/C(C)=C\N. The number of Topliss-reactive ketones (excluding diaryl/α,β-unsaturated/α-hetero) is 1. The number of amidine groups is 1. The van der Waals surface area contributed by atoms with Gasteiger partial charge in [0.05, 0.1) is 12.4 Å². The van der Waals surface area contributed by atoms with Crippen LogP contribution in [0, 0.1) is 0 Å². The fourth-order valence-electron chi connectivity index (χ4n) is 0.596. The second-order valence-corrected chi connectivity index (χ2v) is 2.58. The first-order chi connectivity index (χ1) is 5.56. The Morgan fingerprint density at radius 1 is 1.50 bits per heavy atom. The van der Waals surface area contributed by atoms with Gasteiger partial charge in [-0.3, -0.25) is 9.79 Å². The highest BCUT2D eigenvalue weighted by atomic mass is 16.1. The number of aliphatic imine (C=N–C) groups is 1. The summed E-state index contributed by atoms with van der Waals surface area (Å²) in [5.74, 6) is 0.745. The van der Waals surface area contributed by atoms with E-state index in [9.17, 15) is 4.79 Å². The summed E-state index contributed by atoms with van der Waals surface area (Å²) in [6.45, 7) is 5.34. The van der Waals surface area contributed by atoms with Gasteiger partial charge in [0.25, 0.3) is 0 Å². The Kier molecular flexibility index (Phi) is 4.76. The zero-order valence-electron chi connectivity index (χ0n) is 7.72. The number of carbonyl (C=O) groups is 1. The lowest BCUT2D eigenvalue weighted by molar-refractivity contribution is -0.115. The van der Waals surface area contributed by atoms with E-state index in [-0.39, 0.29) is 12.3 Å². The molecule has 3 N–H and O–H groups in total. The van der Waals surface area contributed by atoms with E-state index >= 15 is 0 Å². The van der Waals surface area contributed by atoms with Gasteiger partial charge in [0.15, 0.2) is 5.78 Å². The first-order valence-electron chi connectivity index (χ1n) is 3.72. The molecule has 0 radical (unpaired) electrons. The molecule has 0 heterocycles. The zero-order valence-corrected chi connectivity index (χ0v) is 7.72. The Labute approximate surface area is 72.6 Å². The Morgan fingerprint density at radius 3 is 2.50 bits per heavy atom. The van der Waals surface area contributed by atoms with E-state index < -0.39 is 0 Å². The van der Waals surface area contributed by atoms with E-state index in [4.69, 9.17) is 5.73 Å². The molecule has 0 fully saturated rings. The van der Waals surface area contributed by atoms with Crippen LogP contribution in [0.4, 0.5) is 0 Å². The normalized spacial score (nSPS) is 12.9. The number of hydrogen-bond acceptors (Lipinski definition) is 3. The molecule has 0 aromatic rings. The first kappa shape index (κ1) is 10.7. The number of nitrogens with zero attached hydrogens (tertiary/aromatic N) is 1. The third kappa shape index (κ3) is 5.46. The van der Waals surface area contributed by atoms with Crippen molar-refractivity contribution in [2.75, 3.05) is 6.54 Å². The van der Waals surface area contributed by atoms with Crippen molar-refractivity contribution in [3.63, 3.8) is 0 Å². The number of nitrogens with two attached hydrogens (primary N) is 1. The van der Waals surface area contributed by atoms with Gasteiger partial charge < -0.3 is 11.1 Å². The number of allylic oxidation sites excluding steroid dienone is 1. The predicted molar refractivity (Wildman–Crippen MR) is 49.7 cm³/mol. The van der Waals surface area contributed by atoms with Crippen LogP contribution in [0.25, 0.3) is 0 Å². The van der Waals surface area contributed by atoms with Crippen molar-refractivity contribution in [2.45, 2.75) is 20.8 Å². The number of ketones is 1. The highest BCUT2D eigenvalue weighted by Gasteiger charge is 1.92. The predicted octanol–water partition coefficient (Wildman–Crippen LogP) is 0.403. The zero-order chi connectivity index (χ0) is 9.56. The van der Waals surface area contributed by atoms with Crippen molar-refractivity contribution in [3.8, 4) is 0 Å². The van der Waals surface area contributed by atoms with Crippen LogP contribution >= 0.6 is 0 Å². The van der Waals surface area contributed by atoms with Crippen LogP contribution in [0.2, 0.25) is 0 Å². The van der Waals surface area contributed by atoms with Crippen molar-refractivity contribution < 1.29 is 4.79 Å². The molecule has 68 valence electrons. The molecule has 0 aliphatic rings. The summed E-state index contributed by atoms with van der Waals surface area (Å²) in [5, 5.41) is 2.92. The van der Waals surface area contributed by atoms with Gasteiger partial charge in [0.2, 0.25) is 0 Å². The van der Waals surface area contributed by atoms with Crippen LogP contribution in [-0.4, -0.2) is 18.2 Å². The maximum Gasteiger partial charge on any atom is 0.151 e. The molecule has 0 saturated carbocycles. The van der Waals surface area contributed by atoms with Gasteiger partial charge in [0.1, 0.15) is 0 Å². The largest absolute Gasteiger partial charge is 0.403 e. The van der Waals surface area contributed by atoms with Crippen LogP contribution < -0.4 is 11.1 Å². The van der Waals surface area contributed by atoms with Gasteiger partial charge in [-0.05, 0) is 20.8 Å². The van der Waals surface area contributed by atoms with Gasteiger partial charge in [-0.25, -0.2) is 0 Å². The molecule has 0 aliphatic carbocycles. The van der Waals surface area contributed by atoms with Crippen LogP contribution in [0.5, 0.6) is 0 Å². The van der Waals surface area contributed by atoms with Crippen LogP contribution in [0.1, 0.15) is 20.8 Å². The summed E-state index contributed by atoms with van der Waals surface area (Å²) >= 11 is 0. The molecule has 0 spiro atoms. The Morgan fingerprint density at radius 2 is 2.08 bits per heavy atom. The highest BCUT2D eigenvalue weighted by Crippen LogP contribution is 1.83. The van der Waals surface area contributed by atoms with Crippen LogP contribution in [0.15, 0.2) is 16.9 Å². The second-order valence-electron chi connectivity index (χ2n) is 2.58. The van der Waals surface area contributed by atoms with E-state index in [1.807, 2.05) is 6.92 Å². The minimum Gasteiger partial charge on any atom is -0.403 e. The lowest BCUT2D eigenvalue weighted by Crippen LogP contribution is -2.20. The topological polar surface area (TPSA) is 67.5 Å². The molecule has 0 aromatic heterocycles. The average molecular weight is 169 g/mol. The molecule has 0 atom stereocenters. The molecular formula is C8H15N3O. The van der Waals surface area contributed by atoms with Gasteiger partial charge >= 0.3 is 0 Å². The summed E-state index contributed by atoms with van der Waals surface area (Å²) in [4.78, 5) is 14.5. The van der Waals surface area contributed by atoms with Crippen molar-refractivity contribution >= 4 is 11.6 Å². The highest BCUT2D eigenvalue weighted by molar-refractivity contribution is 5.85. The van der Waals surface area contributed by atoms with Gasteiger partial charge in [-0.2, -0.15) is 0 Å². The summed E-state index contributed by atoms with van der Waals surface area (Å²) in [5.41, 5.74) is 6.05. The fourth-order valence-corrected chi connectivity index (χ4v) is 0.596. The Hall–Kier alpha value is -1.32. The smallest absolute Gasteiger partial charge is 0.151 e. The van der Waals surface area contributed by atoms with E-state index in [1.165, 1.54) is 13.1 Å². The van der Waals surface area contributed by atoms with E-state index in [0.717, 1.165) is 5.70 Å². The number of carbonyl (C=O) groups excluding carboxylic acids is 1. The number of hydrogen-bond donors (Lipinski definition) is 2. The molecular weight excluding hydrogens is 154 g/mol. The molecule has 4 heteroatoms. The van der Waals surface area contributed by atoms with E-state index in [0.29, 0.717) is 5.84 Å². The summed E-state index contributed by atoms with van der Waals surface area (Å²) in [6.07, 6.45) is 1.45. The molecule has 0 bridgehead atoms. The molecule has 0 rings (SSSR count). The fraction of sp³-hybridized carbons (Fsp3) is 0.500. The van der Waals surface area contributed by atoms with Gasteiger partial charge in [-0.1, -0.05) is 0 Å². The molecule has 0 saturated heterocycles. The average Bonchev–Trinajstić information content (AvgIpc) is 2.00. The summed E-state index contributed by atoms with van der Waals surface area (Å²) in [6, 6.07) is 0. The minimum atomic E-state index is 0.0468. The monoisotopic (exact) mass is 169 g/mol. The second kappa shape index (κ2) is 5.35. The van der Waals surface area contributed by atoms with Crippen LogP contribution in [-0.2, 0) is 4.79 Å². The Bertz CT molecular complexity index is 218. The summed E-state index contributed by atoms with van der Waals surface area (Å²) < 4.78 is 0. The van der Waals surface area contributed by atoms with Crippen molar-refractivity contribution in [1.82, 2.24) is 5.32 Å². The van der Waals surface area contributed by atoms with E-state index in [1.54, 1.807) is 6.92 Å². The number of nitrogens with one attached hydrogen (secondary N) is 1. The lowest BCUT2D eigenvalue weighted by Gasteiger charge is -2.03. The van der Waals surface area contributed by atoms with Crippen LogP contribution in [0.3, 0.4) is 0 Å². The van der Waals surface area contributed by atoms with Crippen molar-refractivity contribution in [1.29, 1.82) is 0 Å². The third-order valence-corrected chi connectivity index (χ3v) is 1.17. The lowest BCUT2D eigenvalue weighted by atomic mass is 10.4. The minimum absolute atomic E-state index is 0.0468. The molecule has 4 nitrogen and oxygen atoms in total. The van der Waals surface area contributed by atoms with Gasteiger partial charge in [-0.15, -0.1) is 0 Å². The van der Waals surface area contributed by atoms with E-state index in [2.05, 4.69) is 10.3 Å². The molecule has 12 heavy (non-hydrogen) atoms.